The van der Waals surface area contributed by atoms with Crippen LogP contribution in [-0.2, 0) is 9.53 Å². The number of thioether (sulfide) groups is 1. The molecule has 1 N–H and O–H groups in total. The molecule has 0 unspecified atom stereocenters. The van der Waals surface area contributed by atoms with Crippen LogP contribution in [0.5, 0.6) is 0 Å². The third-order valence-corrected chi connectivity index (χ3v) is 6.42. The highest BCUT2D eigenvalue weighted by Crippen LogP contribution is 2.23. The van der Waals surface area contributed by atoms with Gasteiger partial charge in [0.1, 0.15) is 6.04 Å². The summed E-state index contributed by atoms with van der Waals surface area (Å²) in [6.45, 7) is -0.449. The van der Waals surface area contributed by atoms with Gasteiger partial charge < -0.3 is 10.1 Å². The first kappa shape index (κ1) is 24.3. The standard InChI is InChI=1S/C18H16BrClN2O6S2/c1-29-7-6-13(18(25)28-9-14(23)15-4-5-16(19)30-15)21-17(24)11-3-2-10(22(26)27)8-12(11)20/h2-5,8,13H,6-7,9H2,1H3,(H,21,24)/t13-/m1/s1. The lowest BCUT2D eigenvalue weighted by atomic mass is 10.1. The Labute approximate surface area is 193 Å². The number of ketones is 1. The molecule has 1 amide bonds. The van der Waals surface area contributed by atoms with Crippen molar-refractivity contribution >= 4 is 74.0 Å². The quantitative estimate of drug-likeness (QED) is 0.208. The smallest absolute Gasteiger partial charge is 0.329 e. The van der Waals surface area contributed by atoms with E-state index in [9.17, 15) is 24.5 Å². The molecule has 1 atom stereocenters. The third kappa shape index (κ3) is 6.79. The van der Waals surface area contributed by atoms with Crippen LogP contribution >= 0.6 is 50.6 Å². The molecule has 0 saturated heterocycles. The summed E-state index contributed by atoms with van der Waals surface area (Å²) in [6, 6.07) is 5.76. The lowest BCUT2D eigenvalue weighted by Gasteiger charge is -2.17. The molecule has 160 valence electrons. The van der Waals surface area contributed by atoms with E-state index in [1.807, 2.05) is 6.26 Å². The van der Waals surface area contributed by atoms with Crippen molar-refractivity contribution in [1.82, 2.24) is 5.32 Å². The monoisotopic (exact) mass is 534 g/mol. The summed E-state index contributed by atoms with van der Waals surface area (Å²) in [5.41, 5.74) is -0.266. The molecule has 0 fully saturated rings. The van der Waals surface area contributed by atoms with Crippen molar-refractivity contribution in [2.45, 2.75) is 12.5 Å². The van der Waals surface area contributed by atoms with E-state index in [2.05, 4.69) is 21.2 Å². The zero-order valence-electron chi connectivity index (χ0n) is 15.6. The number of nitrogens with one attached hydrogen (secondary N) is 1. The number of nitro groups is 1. The van der Waals surface area contributed by atoms with Crippen molar-refractivity contribution < 1.29 is 24.0 Å². The molecule has 2 rings (SSSR count). The first-order chi connectivity index (χ1) is 14.2. The lowest BCUT2D eigenvalue weighted by Crippen LogP contribution is -2.42. The number of amides is 1. The number of halogens is 2. The minimum Gasteiger partial charge on any atom is -0.456 e. The molecule has 8 nitrogen and oxygen atoms in total. The van der Waals surface area contributed by atoms with Crippen LogP contribution in [0.4, 0.5) is 5.69 Å². The number of rotatable bonds is 10. The summed E-state index contributed by atoms with van der Waals surface area (Å²) in [5.74, 6) is -1.22. The zero-order valence-corrected chi connectivity index (χ0v) is 19.5. The average molecular weight is 536 g/mol. The molecule has 0 aliphatic rings. The van der Waals surface area contributed by atoms with Gasteiger partial charge in [0, 0.05) is 12.1 Å². The third-order valence-electron chi connectivity index (χ3n) is 3.80. The zero-order chi connectivity index (χ0) is 22.3. The van der Waals surface area contributed by atoms with Crippen LogP contribution in [-0.4, -0.2) is 47.2 Å². The van der Waals surface area contributed by atoms with Gasteiger partial charge in [0.2, 0.25) is 5.78 Å². The number of hydrogen-bond donors (Lipinski definition) is 1. The molecule has 1 aromatic heterocycles. The van der Waals surface area contributed by atoms with Crippen LogP contribution in [0, 0.1) is 10.1 Å². The second kappa shape index (κ2) is 11.4. The maximum absolute atomic E-state index is 12.5. The van der Waals surface area contributed by atoms with Crippen LogP contribution in [0.25, 0.3) is 0 Å². The van der Waals surface area contributed by atoms with Crippen molar-refractivity contribution in [3.63, 3.8) is 0 Å². The second-order valence-corrected chi connectivity index (χ2v) is 9.72. The number of carbonyl (C=O) groups is 3. The fourth-order valence-corrected chi connectivity index (χ4v) is 4.34. The van der Waals surface area contributed by atoms with Gasteiger partial charge in [-0.25, -0.2) is 4.79 Å². The van der Waals surface area contributed by atoms with E-state index in [-0.39, 0.29) is 28.5 Å². The molecule has 0 saturated carbocycles. The first-order valence-corrected chi connectivity index (χ1v) is 11.8. The molecule has 0 spiro atoms. The summed E-state index contributed by atoms with van der Waals surface area (Å²) in [7, 11) is 0. The van der Waals surface area contributed by atoms with Crippen molar-refractivity contribution in [2.75, 3.05) is 18.6 Å². The second-order valence-electron chi connectivity index (χ2n) is 5.86. The number of non-ortho nitro benzene ring substituents is 1. The van der Waals surface area contributed by atoms with Crippen LogP contribution in [0.3, 0.4) is 0 Å². The fourth-order valence-electron chi connectivity index (χ4n) is 2.29. The number of benzene rings is 1. The number of esters is 1. The Morgan fingerprint density at radius 2 is 2.07 bits per heavy atom. The maximum Gasteiger partial charge on any atom is 0.329 e. The molecule has 1 aromatic carbocycles. The Morgan fingerprint density at radius 3 is 2.63 bits per heavy atom. The Balaban J connectivity index is 2.05. The molecule has 2 aromatic rings. The Hall–Kier alpha value is -1.95. The first-order valence-electron chi connectivity index (χ1n) is 8.41. The van der Waals surface area contributed by atoms with E-state index in [0.717, 1.165) is 15.9 Å². The molecule has 0 radical (unpaired) electrons. The number of hydrogen-bond acceptors (Lipinski definition) is 8. The van der Waals surface area contributed by atoms with E-state index in [4.69, 9.17) is 16.3 Å². The Morgan fingerprint density at radius 1 is 1.33 bits per heavy atom. The topological polar surface area (TPSA) is 116 Å². The molecule has 0 aliphatic heterocycles. The number of ether oxygens (including phenoxy) is 1. The predicted octanol–water partition coefficient (Wildman–Crippen LogP) is 4.35. The Bertz CT molecular complexity index is 968. The molecule has 30 heavy (non-hydrogen) atoms. The van der Waals surface area contributed by atoms with Crippen LogP contribution in [0.2, 0.25) is 5.02 Å². The molecular formula is C18H16BrClN2O6S2. The van der Waals surface area contributed by atoms with E-state index in [0.29, 0.717) is 10.6 Å². The molecule has 0 aliphatic carbocycles. The van der Waals surface area contributed by atoms with Gasteiger partial charge in [-0.2, -0.15) is 11.8 Å². The summed E-state index contributed by atoms with van der Waals surface area (Å²) >= 11 is 11.9. The average Bonchev–Trinajstić information content (AvgIpc) is 3.15. The Kier molecular flexibility index (Phi) is 9.28. The maximum atomic E-state index is 12.5. The van der Waals surface area contributed by atoms with Gasteiger partial charge in [-0.3, -0.25) is 19.7 Å². The van der Waals surface area contributed by atoms with Crippen LogP contribution < -0.4 is 5.32 Å². The van der Waals surface area contributed by atoms with Crippen molar-refractivity contribution in [3.05, 3.63) is 59.7 Å². The normalized spacial score (nSPS) is 11.6. The van der Waals surface area contributed by atoms with E-state index in [1.54, 1.807) is 12.1 Å². The van der Waals surface area contributed by atoms with Crippen molar-refractivity contribution in [1.29, 1.82) is 0 Å². The van der Waals surface area contributed by atoms with E-state index < -0.39 is 29.4 Å². The van der Waals surface area contributed by atoms with Gasteiger partial charge in [0.15, 0.2) is 6.61 Å². The van der Waals surface area contributed by atoms with Crippen molar-refractivity contribution in [3.8, 4) is 0 Å². The number of thiophene rings is 1. The number of nitro benzene ring substituents is 1. The summed E-state index contributed by atoms with van der Waals surface area (Å²) in [6.07, 6.45) is 2.12. The highest BCUT2D eigenvalue weighted by molar-refractivity contribution is 9.11. The predicted molar refractivity (Wildman–Crippen MR) is 120 cm³/mol. The summed E-state index contributed by atoms with van der Waals surface area (Å²) in [5, 5.41) is 13.2. The van der Waals surface area contributed by atoms with Crippen LogP contribution in [0.15, 0.2) is 34.1 Å². The molecule has 12 heteroatoms. The largest absolute Gasteiger partial charge is 0.456 e. The van der Waals surface area contributed by atoms with Gasteiger partial charge in [-0.1, -0.05) is 11.6 Å². The highest BCUT2D eigenvalue weighted by atomic mass is 79.9. The summed E-state index contributed by atoms with van der Waals surface area (Å²) < 4.78 is 5.88. The minimum atomic E-state index is -1.00. The molecular weight excluding hydrogens is 520 g/mol. The van der Waals surface area contributed by atoms with E-state index in [1.165, 1.54) is 29.2 Å². The lowest BCUT2D eigenvalue weighted by molar-refractivity contribution is -0.384. The fraction of sp³-hybridized carbons (Fsp3) is 0.278. The van der Waals surface area contributed by atoms with Gasteiger partial charge in [0.05, 0.1) is 24.2 Å². The van der Waals surface area contributed by atoms with Gasteiger partial charge >= 0.3 is 5.97 Å². The van der Waals surface area contributed by atoms with Gasteiger partial charge in [0.25, 0.3) is 11.6 Å². The van der Waals surface area contributed by atoms with Gasteiger partial charge in [-0.15, -0.1) is 11.3 Å². The van der Waals surface area contributed by atoms with E-state index >= 15 is 0 Å². The van der Waals surface area contributed by atoms with Crippen molar-refractivity contribution in [2.24, 2.45) is 0 Å². The SMILES string of the molecule is CSCC[C@@H](NC(=O)c1ccc([N+](=O)[O-])cc1Cl)C(=O)OCC(=O)c1ccc(Br)s1. The summed E-state index contributed by atoms with van der Waals surface area (Å²) in [4.78, 5) is 47.7. The molecule has 1 heterocycles. The van der Waals surface area contributed by atoms with Crippen LogP contribution in [0.1, 0.15) is 26.5 Å². The van der Waals surface area contributed by atoms with Gasteiger partial charge in [-0.05, 0) is 52.6 Å². The number of Topliss-reactive ketones (excluding diaryl/α,β-unsaturated/α-hetero) is 1. The number of nitrogens with zero attached hydrogens (tertiary/aromatic N) is 1. The highest BCUT2D eigenvalue weighted by Gasteiger charge is 2.25. The minimum absolute atomic E-state index is 0.0104. The molecule has 0 bridgehead atoms. The number of carbonyl (C=O) groups excluding carboxylic acids is 3.